The summed E-state index contributed by atoms with van der Waals surface area (Å²) in [7, 11) is 0. The highest BCUT2D eigenvalue weighted by atomic mass is 79.9. The van der Waals surface area contributed by atoms with Crippen molar-refractivity contribution >= 4 is 33.4 Å². The lowest BCUT2D eigenvalue weighted by molar-refractivity contribution is 1.13. The molecule has 0 bridgehead atoms. The third kappa shape index (κ3) is 3.78. The molecule has 0 aliphatic rings. The van der Waals surface area contributed by atoms with E-state index in [0.717, 1.165) is 26.4 Å². The Morgan fingerprint density at radius 1 is 1.25 bits per heavy atom. The Labute approximate surface area is 132 Å². The fourth-order valence-electron chi connectivity index (χ4n) is 1.91. The van der Waals surface area contributed by atoms with Gasteiger partial charge in [-0.1, -0.05) is 41.1 Å². The molecule has 0 unspecified atom stereocenters. The summed E-state index contributed by atoms with van der Waals surface area (Å²) in [6.07, 6.45) is 0. The molecule has 0 saturated heterocycles. The number of nitrogens with one attached hydrogen (secondary N) is 1. The Bertz CT molecular complexity index is 635. The SMILES string of the molecule is CCSc1cccc(NCc2cccc(Br)c2)c1C#N. The van der Waals surface area contributed by atoms with Crippen LogP contribution in [-0.4, -0.2) is 5.75 Å². The van der Waals surface area contributed by atoms with E-state index in [9.17, 15) is 5.26 Å². The summed E-state index contributed by atoms with van der Waals surface area (Å²) < 4.78 is 1.06. The number of rotatable bonds is 5. The molecule has 0 atom stereocenters. The van der Waals surface area contributed by atoms with Crippen molar-refractivity contribution in [3.8, 4) is 6.07 Å². The van der Waals surface area contributed by atoms with Gasteiger partial charge in [0.15, 0.2) is 0 Å². The van der Waals surface area contributed by atoms with E-state index in [0.29, 0.717) is 6.54 Å². The average Bonchev–Trinajstić information content (AvgIpc) is 2.45. The van der Waals surface area contributed by atoms with Gasteiger partial charge in [0.25, 0.3) is 0 Å². The summed E-state index contributed by atoms with van der Waals surface area (Å²) in [5.41, 5.74) is 2.80. The Kier molecular flexibility index (Phi) is 5.51. The van der Waals surface area contributed by atoms with Crippen LogP contribution in [0.1, 0.15) is 18.1 Å². The molecule has 1 N–H and O–H groups in total. The summed E-state index contributed by atoms with van der Waals surface area (Å²) in [6, 6.07) is 16.4. The first-order valence-corrected chi connectivity index (χ1v) is 8.16. The van der Waals surface area contributed by atoms with E-state index in [4.69, 9.17) is 0 Å². The lowest BCUT2D eigenvalue weighted by Crippen LogP contribution is -2.02. The number of anilines is 1. The van der Waals surface area contributed by atoms with Gasteiger partial charge in [0, 0.05) is 15.9 Å². The predicted octanol–water partition coefficient (Wildman–Crippen LogP) is 5.04. The molecule has 0 saturated carbocycles. The maximum absolute atomic E-state index is 9.36. The molecule has 20 heavy (non-hydrogen) atoms. The van der Waals surface area contributed by atoms with Crippen molar-refractivity contribution in [2.45, 2.75) is 18.4 Å². The van der Waals surface area contributed by atoms with Gasteiger partial charge in [0.05, 0.1) is 11.3 Å². The normalized spacial score (nSPS) is 10.1. The molecule has 2 aromatic rings. The summed E-state index contributed by atoms with van der Waals surface area (Å²) >= 11 is 5.16. The first-order valence-electron chi connectivity index (χ1n) is 6.38. The molecule has 2 nitrogen and oxygen atoms in total. The molecule has 2 aromatic carbocycles. The quantitative estimate of drug-likeness (QED) is 0.770. The number of halogens is 1. The van der Waals surface area contributed by atoms with Crippen LogP contribution in [0, 0.1) is 11.3 Å². The van der Waals surface area contributed by atoms with E-state index < -0.39 is 0 Å². The van der Waals surface area contributed by atoms with Gasteiger partial charge < -0.3 is 5.32 Å². The average molecular weight is 347 g/mol. The van der Waals surface area contributed by atoms with Crippen molar-refractivity contribution in [1.29, 1.82) is 5.26 Å². The summed E-state index contributed by atoms with van der Waals surface area (Å²) in [4.78, 5) is 1.04. The van der Waals surface area contributed by atoms with Crippen LogP contribution in [0.15, 0.2) is 51.8 Å². The van der Waals surface area contributed by atoms with Crippen molar-refractivity contribution in [1.82, 2.24) is 0 Å². The predicted molar refractivity (Wildman–Crippen MR) is 89.0 cm³/mol. The monoisotopic (exact) mass is 346 g/mol. The van der Waals surface area contributed by atoms with E-state index in [1.807, 2.05) is 30.3 Å². The lowest BCUT2D eigenvalue weighted by Gasteiger charge is -2.11. The topological polar surface area (TPSA) is 35.8 Å². The number of nitriles is 1. The van der Waals surface area contributed by atoms with Crippen molar-refractivity contribution in [2.75, 3.05) is 11.1 Å². The molecule has 0 amide bonds. The summed E-state index contributed by atoms with van der Waals surface area (Å²) in [5.74, 6) is 0.962. The molecule has 102 valence electrons. The third-order valence-electron chi connectivity index (χ3n) is 2.81. The van der Waals surface area contributed by atoms with Gasteiger partial charge in [-0.05, 0) is 35.6 Å². The molecule has 2 rings (SSSR count). The summed E-state index contributed by atoms with van der Waals surface area (Å²) in [5, 5.41) is 12.7. The molecular weight excluding hydrogens is 332 g/mol. The second kappa shape index (κ2) is 7.37. The standard InChI is InChI=1S/C16H15BrN2S/c1-2-20-16-8-4-7-15(14(16)10-18)19-11-12-5-3-6-13(17)9-12/h3-9,19H,2,11H2,1H3. The van der Waals surface area contributed by atoms with E-state index in [1.54, 1.807) is 11.8 Å². The fourth-order valence-corrected chi connectivity index (χ4v) is 3.15. The number of hydrogen-bond acceptors (Lipinski definition) is 3. The third-order valence-corrected chi connectivity index (χ3v) is 4.24. The zero-order valence-electron chi connectivity index (χ0n) is 11.2. The molecule has 0 fully saturated rings. The van der Waals surface area contributed by atoms with Crippen LogP contribution in [0.5, 0.6) is 0 Å². The zero-order valence-corrected chi connectivity index (χ0v) is 13.6. The lowest BCUT2D eigenvalue weighted by atomic mass is 10.1. The van der Waals surface area contributed by atoms with Crippen molar-refractivity contribution in [2.24, 2.45) is 0 Å². The van der Waals surface area contributed by atoms with Gasteiger partial charge in [-0.2, -0.15) is 5.26 Å². The molecule has 0 heterocycles. The van der Waals surface area contributed by atoms with Crippen molar-refractivity contribution < 1.29 is 0 Å². The van der Waals surface area contributed by atoms with Gasteiger partial charge in [-0.3, -0.25) is 0 Å². The highest BCUT2D eigenvalue weighted by molar-refractivity contribution is 9.10. The Morgan fingerprint density at radius 3 is 2.75 bits per heavy atom. The highest BCUT2D eigenvalue weighted by Gasteiger charge is 2.07. The Hall–Kier alpha value is -1.44. The second-order valence-corrected chi connectivity index (χ2v) is 6.43. The molecule has 0 radical (unpaired) electrons. The smallest absolute Gasteiger partial charge is 0.102 e. The minimum atomic E-state index is 0.703. The maximum atomic E-state index is 9.36. The van der Waals surface area contributed by atoms with Crippen LogP contribution in [0.2, 0.25) is 0 Å². The summed E-state index contributed by atoms with van der Waals surface area (Å²) in [6.45, 7) is 2.79. The van der Waals surface area contributed by atoms with E-state index in [1.165, 1.54) is 5.56 Å². The first-order chi connectivity index (χ1) is 9.74. The van der Waals surface area contributed by atoms with Gasteiger partial charge >= 0.3 is 0 Å². The highest BCUT2D eigenvalue weighted by Crippen LogP contribution is 2.28. The van der Waals surface area contributed by atoms with Crippen LogP contribution in [0.3, 0.4) is 0 Å². The maximum Gasteiger partial charge on any atom is 0.102 e. The Balaban J connectivity index is 2.17. The van der Waals surface area contributed by atoms with Gasteiger partial charge in [0.1, 0.15) is 6.07 Å². The molecular formula is C16H15BrN2S. The van der Waals surface area contributed by atoms with Gasteiger partial charge in [-0.25, -0.2) is 0 Å². The number of thioether (sulfide) groups is 1. The van der Waals surface area contributed by atoms with Crippen LogP contribution < -0.4 is 5.32 Å². The second-order valence-electron chi connectivity index (χ2n) is 4.21. The minimum Gasteiger partial charge on any atom is -0.380 e. The van der Waals surface area contributed by atoms with Crippen molar-refractivity contribution in [3.05, 3.63) is 58.1 Å². The van der Waals surface area contributed by atoms with Crippen LogP contribution in [0.25, 0.3) is 0 Å². The van der Waals surface area contributed by atoms with Crippen LogP contribution >= 0.6 is 27.7 Å². The number of benzene rings is 2. The van der Waals surface area contributed by atoms with Gasteiger partial charge in [0.2, 0.25) is 0 Å². The van der Waals surface area contributed by atoms with E-state index >= 15 is 0 Å². The molecule has 0 aliphatic heterocycles. The molecule has 0 spiro atoms. The largest absolute Gasteiger partial charge is 0.380 e. The number of nitrogens with zero attached hydrogens (tertiary/aromatic N) is 1. The van der Waals surface area contributed by atoms with Crippen LogP contribution in [-0.2, 0) is 6.54 Å². The molecule has 0 aromatic heterocycles. The van der Waals surface area contributed by atoms with Crippen LogP contribution in [0.4, 0.5) is 5.69 Å². The van der Waals surface area contributed by atoms with E-state index in [2.05, 4.69) is 46.4 Å². The van der Waals surface area contributed by atoms with E-state index in [-0.39, 0.29) is 0 Å². The number of hydrogen-bond donors (Lipinski definition) is 1. The zero-order chi connectivity index (χ0) is 14.4. The fraction of sp³-hybridized carbons (Fsp3) is 0.188. The van der Waals surface area contributed by atoms with Gasteiger partial charge in [-0.15, -0.1) is 11.8 Å². The molecule has 0 aliphatic carbocycles. The molecule has 4 heteroatoms. The first kappa shape index (κ1) is 15.0. The minimum absolute atomic E-state index is 0.703. The Morgan fingerprint density at radius 2 is 2.05 bits per heavy atom. The van der Waals surface area contributed by atoms with Crippen molar-refractivity contribution in [3.63, 3.8) is 0 Å².